The van der Waals surface area contributed by atoms with E-state index in [-0.39, 0.29) is 5.91 Å². The summed E-state index contributed by atoms with van der Waals surface area (Å²) in [5.41, 5.74) is 6.81. The summed E-state index contributed by atoms with van der Waals surface area (Å²) in [4.78, 5) is 29.4. The van der Waals surface area contributed by atoms with Crippen LogP contribution in [-0.2, 0) is 24.0 Å². The maximum Gasteiger partial charge on any atom is 0.256 e. The van der Waals surface area contributed by atoms with Crippen molar-refractivity contribution in [2.24, 2.45) is 0 Å². The summed E-state index contributed by atoms with van der Waals surface area (Å²) in [5, 5.41) is 20.3. The molecule has 3 aromatic rings. The molecule has 1 unspecified atom stereocenters. The molecule has 9 heteroatoms. The van der Waals surface area contributed by atoms with Gasteiger partial charge in [-0.25, -0.2) is 9.97 Å². The van der Waals surface area contributed by atoms with Crippen LogP contribution in [0, 0.1) is 0 Å². The van der Waals surface area contributed by atoms with Crippen molar-refractivity contribution in [3.05, 3.63) is 76.6 Å². The van der Waals surface area contributed by atoms with Crippen LogP contribution in [0.1, 0.15) is 83.3 Å². The Morgan fingerprint density at radius 2 is 2.00 bits per heavy atom. The van der Waals surface area contributed by atoms with Gasteiger partial charge in [0.2, 0.25) is 5.95 Å². The standard InChI is InChI=1S/C32H37N7O2/c1-4-13-33-29(40)24-16-34-30(38-28(24)37-25-8-7-20-9-10-31(2,41)27(20)36-25)35-22-14-21-17-39(3)18-32(11-12-32)26(21)23(15-22)19-5-6-19/h4,7-8,14-16,19,41H,1,5-6,9-13,17-18H2,2-3H3,(H,33,40)(H2,34,35,36,37,38). The third-order valence-corrected chi connectivity index (χ3v) is 8.98. The number of benzene rings is 1. The third-order valence-electron chi connectivity index (χ3n) is 8.98. The van der Waals surface area contributed by atoms with Crippen molar-refractivity contribution in [1.29, 1.82) is 0 Å². The third kappa shape index (κ3) is 4.87. The van der Waals surface area contributed by atoms with Crippen molar-refractivity contribution in [3.8, 4) is 0 Å². The van der Waals surface area contributed by atoms with Gasteiger partial charge in [-0.1, -0.05) is 12.1 Å². The lowest BCUT2D eigenvalue weighted by Gasteiger charge is -2.35. The highest BCUT2D eigenvalue weighted by molar-refractivity contribution is 5.99. The number of carbonyl (C=O) groups excluding carboxylic acids is 1. The van der Waals surface area contributed by atoms with Gasteiger partial charge in [-0.05, 0) is 98.9 Å². The van der Waals surface area contributed by atoms with Gasteiger partial charge >= 0.3 is 0 Å². The molecule has 1 aromatic carbocycles. The van der Waals surface area contributed by atoms with Crippen LogP contribution in [0.4, 0.5) is 23.3 Å². The van der Waals surface area contributed by atoms with Gasteiger partial charge in [-0.15, -0.1) is 6.58 Å². The molecule has 3 heterocycles. The van der Waals surface area contributed by atoms with Gasteiger partial charge in [0, 0.05) is 36.9 Å². The van der Waals surface area contributed by atoms with Crippen LogP contribution in [0.2, 0.25) is 0 Å². The fourth-order valence-electron chi connectivity index (χ4n) is 6.72. The number of nitrogens with one attached hydrogen (secondary N) is 3. The summed E-state index contributed by atoms with van der Waals surface area (Å²) in [6.45, 7) is 7.89. The number of nitrogens with zero attached hydrogens (tertiary/aromatic N) is 4. The molecule has 1 aliphatic heterocycles. The number of hydrogen-bond acceptors (Lipinski definition) is 8. The van der Waals surface area contributed by atoms with Crippen LogP contribution in [-0.4, -0.2) is 51.0 Å². The van der Waals surface area contributed by atoms with Crippen LogP contribution < -0.4 is 16.0 Å². The highest BCUT2D eigenvalue weighted by atomic mass is 16.3. The molecule has 0 saturated heterocycles. The average Bonchev–Trinajstić information content (AvgIpc) is 3.87. The molecule has 7 rings (SSSR count). The lowest BCUT2D eigenvalue weighted by atomic mass is 9.81. The molecule has 2 aromatic heterocycles. The number of fused-ring (bicyclic) bond motifs is 3. The summed E-state index contributed by atoms with van der Waals surface area (Å²) >= 11 is 0. The zero-order valence-corrected chi connectivity index (χ0v) is 23.8. The first kappa shape index (κ1) is 26.1. The molecule has 9 nitrogen and oxygen atoms in total. The number of likely N-dealkylation sites (N-methyl/N-ethyl adjacent to an activating group) is 1. The lowest BCUT2D eigenvalue weighted by Crippen LogP contribution is -2.36. The number of hydrogen-bond donors (Lipinski definition) is 4. The Hall–Kier alpha value is -3.82. The first-order valence-corrected chi connectivity index (χ1v) is 14.6. The minimum absolute atomic E-state index is 0.299. The molecule has 1 atom stereocenters. The Kier molecular flexibility index (Phi) is 6.13. The van der Waals surface area contributed by atoms with Crippen molar-refractivity contribution >= 4 is 29.2 Å². The van der Waals surface area contributed by atoms with Crippen LogP contribution in [0.25, 0.3) is 0 Å². The van der Waals surface area contributed by atoms with Crippen LogP contribution >= 0.6 is 0 Å². The number of anilines is 4. The molecule has 0 radical (unpaired) electrons. The van der Waals surface area contributed by atoms with Gasteiger partial charge in [0.05, 0.1) is 5.69 Å². The minimum atomic E-state index is -0.978. The Morgan fingerprint density at radius 3 is 2.76 bits per heavy atom. The Bertz CT molecular complexity index is 1560. The van der Waals surface area contributed by atoms with E-state index >= 15 is 0 Å². The normalized spacial score (nSPS) is 22.1. The number of pyridine rings is 1. The van der Waals surface area contributed by atoms with Gasteiger partial charge in [0.25, 0.3) is 5.91 Å². The summed E-state index contributed by atoms with van der Waals surface area (Å²) in [5.74, 6) is 1.58. The van der Waals surface area contributed by atoms with Gasteiger partial charge in [-0.2, -0.15) is 4.98 Å². The van der Waals surface area contributed by atoms with Crippen molar-refractivity contribution in [1.82, 2.24) is 25.2 Å². The number of amides is 1. The maximum absolute atomic E-state index is 13.0. The Labute approximate surface area is 240 Å². The van der Waals surface area contributed by atoms with Crippen LogP contribution in [0.15, 0.2) is 43.1 Å². The molecule has 1 spiro atoms. The molecule has 41 heavy (non-hydrogen) atoms. The summed E-state index contributed by atoms with van der Waals surface area (Å²) in [6, 6.07) is 8.38. The lowest BCUT2D eigenvalue weighted by molar-refractivity contribution is 0.0555. The Balaban J connectivity index is 1.23. The molecule has 1 amide bonds. The molecule has 4 aliphatic rings. The number of carbonyl (C=O) groups is 1. The van der Waals surface area contributed by atoms with Crippen molar-refractivity contribution in [3.63, 3.8) is 0 Å². The molecule has 2 saturated carbocycles. The number of aliphatic hydroxyl groups is 1. The summed E-state index contributed by atoms with van der Waals surface area (Å²) in [6.07, 6.45) is 9.63. The smallest absolute Gasteiger partial charge is 0.256 e. The molecular weight excluding hydrogens is 514 g/mol. The molecule has 212 valence electrons. The van der Waals surface area contributed by atoms with E-state index in [1.54, 1.807) is 18.6 Å². The predicted molar refractivity (Wildman–Crippen MR) is 159 cm³/mol. The molecule has 4 N–H and O–H groups in total. The monoisotopic (exact) mass is 551 g/mol. The van der Waals surface area contributed by atoms with E-state index in [1.807, 2.05) is 12.1 Å². The fourth-order valence-corrected chi connectivity index (χ4v) is 6.72. The second kappa shape index (κ2) is 9.63. The molecule has 2 fully saturated rings. The van der Waals surface area contributed by atoms with Crippen molar-refractivity contribution < 1.29 is 9.90 Å². The number of aromatic nitrogens is 3. The van der Waals surface area contributed by atoms with E-state index in [1.165, 1.54) is 43.0 Å². The summed E-state index contributed by atoms with van der Waals surface area (Å²) in [7, 11) is 2.21. The second-order valence-corrected chi connectivity index (χ2v) is 12.5. The van der Waals surface area contributed by atoms with Gasteiger partial charge in [0.1, 0.15) is 22.8 Å². The van der Waals surface area contributed by atoms with Crippen LogP contribution in [0.3, 0.4) is 0 Å². The zero-order valence-electron chi connectivity index (χ0n) is 23.8. The largest absolute Gasteiger partial charge is 0.384 e. The zero-order chi connectivity index (χ0) is 28.4. The van der Waals surface area contributed by atoms with E-state index in [2.05, 4.69) is 51.6 Å². The van der Waals surface area contributed by atoms with E-state index in [0.717, 1.165) is 30.8 Å². The summed E-state index contributed by atoms with van der Waals surface area (Å²) < 4.78 is 0. The predicted octanol–water partition coefficient (Wildman–Crippen LogP) is 4.78. The van der Waals surface area contributed by atoms with Crippen molar-refractivity contribution in [2.75, 3.05) is 30.8 Å². The van der Waals surface area contributed by atoms with Gasteiger partial charge < -0.3 is 26.0 Å². The quantitative estimate of drug-likeness (QED) is 0.296. The molecular formula is C32H37N7O2. The highest BCUT2D eigenvalue weighted by Crippen LogP contribution is 2.57. The SMILES string of the molecule is C=CCNC(=O)c1cnc(Nc2cc3c(c(C4CC4)c2)C2(CC2)CN(C)C3)nc1Nc1ccc2c(n1)C(C)(O)CC2. The van der Waals surface area contributed by atoms with E-state index < -0.39 is 5.60 Å². The maximum atomic E-state index is 13.0. The Morgan fingerprint density at radius 1 is 1.17 bits per heavy atom. The van der Waals surface area contributed by atoms with E-state index in [4.69, 9.17) is 9.97 Å². The molecule has 3 aliphatic carbocycles. The first-order chi connectivity index (χ1) is 19.7. The first-order valence-electron chi connectivity index (χ1n) is 14.6. The second-order valence-electron chi connectivity index (χ2n) is 12.5. The van der Waals surface area contributed by atoms with Crippen molar-refractivity contribution in [2.45, 2.75) is 68.9 Å². The molecule has 0 bridgehead atoms. The van der Waals surface area contributed by atoms with E-state index in [9.17, 15) is 9.90 Å². The topological polar surface area (TPSA) is 115 Å². The number of rotatable bonds is 8. The minimum Gasteiger partial charge on any atom is -0.384 e. The highest BCUT2D eigenvalue weighted by Gasteiger charge is 2.51. The average molecular weight is 552 g/mol. The van der Waals surface area contributed by atoms with Gasteiger partial charge in [0.15, 0.2) is 0 Å². The number of aryl methyl sites for hydroxylation is 1. The fraction of sp³-hybridized carbons (Fsp3) is 0.438. The van der Waals surface area contributed by atoms with E-state index in [0.29, 0.717) is 53.1 Å². The van der Waals surface area contributed by atoms with Gasteiger partial charge in [-0.3, -0.25) is 4.79 Å². The van der Waals surface area contributed by atoms with Crippen LogP contribution in [0.5, 0.6) is 0 Å².